The van der Waals surface area contributed by atoms with Gasteiger partial charge in [-0.2, -0.15) is 5.26 Å². The van der Waals surface area contributed by atoms with Crippen LogP contribution in [0.25, 0.3) is 10.9 Å². The molecule has 0 radical (unpaired) electrons. The van der Waals surface area contributed by atoms with Crippen molar-refractivity contribution in [1.29, 1.82) is 5.26 Å². The van der Waals surface area contributed by atoms with E-state index in [9.17, 15) is 9.90 Å². The molecule has 0 aliphatic rings. The molecule has 0 bridgehead atoms. The summed E-state index contributed by atoms with van der Waals surface area (Å²) in [6.07, 6.45) is 1.37. The zero-order valence-electron chi connectivity index (χ0n) is 8.84. The topological polar surface area (TPSA) is 86.0 Å². The van der Waals surface area contributed by atoms with Gasteiger partial charge in [0, 0.05) is 11.6 Å². The van der Waals surface area contributed by atoms with Crippen LogP contribution in [0.1, 0.15) is 6.42 Å². The fraction of sp³-hybridized carbons (Fsp3) is 0.0833. The van der Waals surface area contributed by atoms with Gasteiger partial charge >= 0.3 is 0 Å². The molecule has 2 rings (SSSR count). The van der Waals surface area contributed by atoms with Crippen molar-refractivity contribution in [2.45, 2.75) is 6.42 Å². The molecule has 2 N–H and O–H groups in total. The van der Waals surface area contributed by atoms with Crippen molar-refractivity contribution in [2.24, 2.45) is 0 Å². The zero-order chi connectivity index (χ0) is 12.3. The monoisotopic (exact) mass is 227 g/mol. The molecule has 0 fully saturated rings. The molecule has 0 atom stereocenters. The quantitative estimate of drug-likeness (QED) is 0.766. The third-order valence-corrected chi connectivity index (χ3v) is 2.27. The minimum absolute atomic E-state index is 0.0446. The average molecular weight is 227 g/mol. The summed E-state index contributed by atoms with van der Waals surface area (Å²) in [6, 6.07) is 8.31. The van der Waals surface area contributed by atoms with E-state index in [1.807, 2.05) is 0 Å². The molecule has 1 aromatic heterocycles. The molecule has 0 saturated heterocycles. The van der Waals surface area contributed by atoms with Crippen LogP contribution in [-0.2, 0) is 4.79 Å². The smallest absolute Gasteiger partial charge is 0.238 e. The Labute approximate surface area is 97.3 Å². The third-order valence-electron chi connectivity index (χ3n) is 2.27. The van der Waals surface area contributed by atoms with Crippen LogP contribution in [0.5, 0.6) is 5.75 Å². The number of phenols is 1. The highest BCUT2D eigenvalue weighted by atomic mass is 16.3. The summed E-state index contributed by atoms with van der Waals surface area (Å²) in [6.45, 7) is 0. The molecule has 0 spiro atoms. The lowest BCUT2D eigenvalue weighted by atomic mass is 10.1. The predicted octanol–water partition coefficient (Wildman–Crippen LogP) is 1.79. The molecular weight excluding hydrogens is 218 g/mol. The summed E-state index contributed by atoms with van der Waals surface area (Å²) >= 11 is 0. The Kier molecular flexibility index (Phi) is 2.88. The van der Waals surface area contributed by atoms with E-state index in [1.54, 1.807) is 30.5 Å². The molecule has 0 aliphatic carbocycles. The van der Waals surface area contributed by atoms with Gasteiger partial charge in [0.15, 0.2) is 0 Å². The van der Waals surface area contributed by atoms with Crippen molar-refractivity contribution in [2.75, 3.05) is 5.32 Å². The maximum absolute atomic E-state index is 11.3. The van der Waals surface area contributed by atoms with Crippen LogP contribution in [0.3, 0.4) is 0 Å². The highest BCUT2D eigenvalue weighted by molar-refractivity contribution is 6.03. The van der Waals surface area contributed by atoms with Crippen molar-refractivity contribution >= 4 is 22.5 Å². The second-order valence-corrected chi connectivity index (χ2v) is 3.41. The summed E-state index contributed by atoms with van der Waals surface area (Å²) in [5, 5.41) is 21.3. The normalized spacial score (nSPS) is 9.82. The van der Waals surface area contributed by atoms with Crippen LogP contribution in [-0.4, -0.2) is 16.0 Å². The van der Waals surface area contributed by atoms with Gasteiger partial charge in [-0.05, 0) is 24.3 Å². The number of hydrogen-bond donors (Lipinski definition) is 2. The molecule has 1 amide bonds. The van der Waals surface area contributed by atoms with Gasteiger partial charge in [-0.25, -0.2) is 0 Å². The number of phenolic OH excluding ortho intramolecular Hbond substituents is 1. The van der Waals surface area contributed by atoms with E-state index >= 15 is 0 Å². The Morgan fingerprint density at radius 3 is 3.06 bits per heavy atom. The SMILES string of the molecule is N#CCC(=O)Nc1c(O)ccc2ncccc12. The lowest BCUT2D eigenvalue weighted by molar-refractivity contribution is -0.115. The van der Waals surface area contributed by atoms with Gasteiger partial charge in [-0.3, -0.25) is 9.78 Å². The Bertz CT molecular complexity index is 617. The van der Waals surface area contributed by atoms with E-state index in [4.69, 9.17) is 5.26 Å². The van der Waals surface area contributed by atoms with Crippen molar-refractivity contribution < 1.29 is 9.90 Å². The summed E-state index contributed by atoms with van der Waals surface area (Å²) < 4.78 is 0. The number of nitriles is 1. The summed E-state index contributed by atoms with van der Waals surface area (Å²) in [4.78, 5) is 15.5. The van der Waals surface area contributed by atoms with E-state index in [0.717, 1.165) is 0 Å². The number of aromatic nitrogens is 1. The second kappa shape index (κ2) is 4.49. The predicted molar refractivity (Wildman–Crippen MR) is 62.3 cm³/mol. The molecule has 5 nitrogen and oxygen atoms in total. The number of pyridine rings is 1. The van der Waals surface area contributed by atoms with Crippen molar-refractivity contribution in [3.05, 3.63) is 30.5 Å². The number of nitrogens with zero attached hydrogens (tertiary/aromatic N) is 2. The standard InChI is InChI=1S/C12H9N3O2/c13-6-5-11(17)15-12-8-2-1-7-14-9(8)3-4-10(12)16/h1-4,7,16H,5H2,(H,15,17). The molecule has 5 heteroatoms. The van der Waals surface area contributed by atoms with Gasteiger partial charge in [0.05, 0.1) is 17.3 Å². The Morgan fingerprint density at radius 1 is 1.47 bits per heavy atom. The molecule has 0 aliphatic heterocycles. The molecule has 17 heavy (non-hydrogen) atoms. The first-order valence-corrected chi connectivity index (χ1v) is 4.96. The number of hydrogen-bond acceptors (Lipinski definition) is 4. The zero-order valence-corrected chi connectivity index (χ0v) is 8.84. The van der Waals surface area contributed by atoms with Crippen LogP contribution in [0, 0.1) is 11.3 Å². The van der Waals surface area contributed by atoms with Gasteiger partial charge in [0.1, 0.15) is 12.2 Å². The first-order valence-electron chi connectivity index (χ1n) is 4.96. The lowest BCUT2D eigenvalue weighted by Gasteiger charge is -2.08. The molecule has 0 unspecified atom stereocenters. The number of carbonyl (C=O) groups is 1. The van der Waals surface area contributed by atoms with Crippen LogP contribution in [0.4, 0.5) is 5.69 Å². The van der Waals surface area contributed by atoms with E-state index in [0.29, 0.717) is 10.9 Å². The van der Waals surface area contributed by atoms with E-state index in [1.165, 1.54) is 6.07 Å². The van der Waals surface area contributed by atoms with E-state index in [-0.39, 0.29) is 17.9 Å². The Balaban J connectivity index is 2.48. The fourth-order valence-corrected chi connectivity index (χ4v) is 1.53. The molecule has 0 saturated carbocycles. The number of rotatable bonds is 2. The van der Waals surface area contributed by atoms with Gasteiger partial charge in [-0.15, -0.1) is 0 Å². The number of fused-ring (bicyclic) bond motifs is 1. The molecular formula is C12H9N3O2. The van der Waals surface area contributed by atoms with E-state index < -0.39 is 5.91 Å². The first-order chi connectivity index (χ1) is 8.22. The van der Waals surface area contributed by atoms with Crippen LogP contribution < -0.4 is 5.32 Å². The number of carbonyl (C=O) groups excluding carboxylic acids is 1. The first kappa shape index (κ1) is 10.9. The number of benzene rings is 1. The van der Waals surface area contributed by atoms with Gasteiger partial charge in [-0.1, -0.05) is 0 Å². The number of nitrogens with one attached hydrogen (secondary N) is 1. The van der Waals surface area contributed by atoms with Crippen LogP contribution in [0.2, 0.25) is 0 Å². The van der Waals surface area contributed by atoms with E-state index in [2.05, 4.69) is 10.3 Å². The maximum atomic E-state index is 11.3. The van der Waals surface area contributed by atoms with Crippen molar-refractivity contribution in [3.8, 4) is 11.8 Å². The summed E-state index contributed by atoms with van der Waals surface area (Å²) in [5.41, 5.74) is 0.952. The molecule has 1 aromatic carbocycles. The molecule has 84 valence electrons. The minimum Gasteiger partial charge on any atom is -0.506 e. The molecule has 1 heterocycles. The maximum Gasteiger partial charge on any atom is 0.238 e. The highest BCUT2D eigenvalue weighted by Crippen LogP contribution is 2.31. The number of anilines is 1. The van der Waals surface area contributed by atoms with Crippen LogP contribution >= 0.6 is 0 Å². The van der Waals surface area contributed by atoms with Crippen LogP contribution in [0.15, 0.2) is 30.5 Å². The van der Waals surface area contributed by atoms with Crippen molar-refractivity contribution in [1.82, 2.24) is 4.98 Å². The fourth-order valence-electron chi connectivity index (χ4n) is 1.53. The Morgan fingerprint density at radius 2 is 2.29 bits per heavy atom. The minimum atomic E-state index is -0.459. The van der Waals surface area contributed by atoms with Gasteiger partial charge in [0.2, 0.25) is 5.91 Å². The summed E-state index contributed by atoms with van der Waals surface area (Å²) in [5.74, 6) is -0.504. The van der Waals surface area contributed by atoms with Gasteiger partial charge < -0.3 is 10.4 Å². The average Bonchev–Trinajstić information content (AvgIpc) is 2.33. The number of amides is 1. The summed E-state index contributed by atoms with van der Waals surface area (Å²) in [7, 11) is 0. The third kappa shape index (κ3) is 2.16. The van der Waals surface area contributed by atoms with Crippen molar-refractivity contribution in [3.63, 3.8) is 0 Å². The lowest BCUT2D eigenvalue weighted by Crippen LogP contribution is -2.10. The molecule has 2 aromatic rings. The van der Waals surface area contributed by atoms with Gasteiger partial charge in [0.25, 0.3) is 0 Å². The largest absolute Gasteiger partial charge is 0.506 e. The Hall–Kier alpha value is -2.61. The highest BCUT2D eigenvalue weighted by Gasteiger charge is 2.10. The number of aromatic hydroxyl groups is 1. The second-order valence-electron chi connectivity index (χ2n) is 3.41.